The molecule has 1 rings (SSSR count). The molecule has 0 aromatic heterocycles. The van der Waals surface area contributed by atoms with Crippen molar-refractivity contribution < 1.29 is 23.9 Å². The standard InChI is InChI=1S/C11H13NO6/c1-6(13)9-7(12(14)15)5-8(16-2)10(17-3)11(9)18-4/h5H,1-4H3. The van der Waals surface area contributed by atoms with Crippen molar-refractivity contribution in [1.82, 2.24) is 0 Å². The molecule has 0 spiro atoms. The minimum absolute atomic E-state index is 0.00366. The smallest absolute Gasteiger partial charge is 0.287 e. The van der Waals surface area contributed by atoms with Gasteiger partial charge in [0.1, 0.15) is 5.56 Å². The number of carbonyl (C=O) groups is 1. The van der Waals surface area contributed by atoms with Crippen LogP contribution in [0.25, 0.3) is 0 Å². The third kappa shape index (κ3) is 2.20. The van der Waals surface area contributed by atoms with E-state index in [0.717, 1.165) is 6.07 Å². The van der Waals surface area contributed by atoms with Gasteiger partial charge in [-0.2, -0.15) is 0 Å². The van der Waals surface area contributed by atoms with Gasteiger partial charge >= 0.3 is 0 Å². The summed E-state index contributed by atoms with van der Waals surface area (Å²) in [6, 6.07) is 1.14. The number of nitro benzene ring substituents is 1. The largest absolute Gasteiger partial charge is 0.492 e. The maximum atomic E-state index is 11.5. The molecule has 7 nitrogen and oxygen atoms in total. The summed E-state index contributed by atoms with van der Waals surface area (Å²) >= 11 is 0. The van der Waals surface area contributed by atoms with Gasteiger partial charge in [-0.25, -0.2) is 0 Å². The van der Waals surface area contributed by atoms with Crippen LogP contribution in [-0.4, -0.2) is 32.0 Å². The van der Waals surface area contributed by atoms with E-state index < -0.39 is 10.7 Å². The lowest BCUT2D eigenvalue weighted by Crippen LogP contribution is -2.06. The molecule has 1 aromatic carbocycles. The van der Waals surface area contributed by atoms with Gasteiger partial charge in [0.2, 0.25) is 5.75 Å². The van der Waals surface area contributed by atoms with Crippen molar-refractivity contribution in [1.29, 1.82) is 0 Å². The Morgan fingerprint density at radius 3 is 2.06 bits per heavy atom. The molecule has 0 amide bonds. The van der Waals surface area contributed by atoms with Crippen LogP contribution in [0.5, 0.6) is 17.2 Å². The number of hydrogen-bond donors (Lipinski definition) is 0. The van der Waals surface area contributed by atoms with E-state index in [1.165, 1.54) is 28.3 Å². The number of rotatable bonds is 5. The molecule has 0 aliphatic heterocycles. The molecule has 0 atom stereocenters. The molecule has 0 unspecified atom stereocenters. The minimum Gasteiger partial charge on any atom is -0.492 e. The Morgan fingerprint density at radius 2 is 1.72 bits per heavy atom. The molecule has 0 radical (unpaired) electrons. The zero-order valence-corrected chi connectivity index (χ0v) is 10.5. The van der Waals surface area contributed by atoms with Gasteiger partial charge in [0.05, 0.1) is 32.3 Å². The summed E-state index contributed by atoms with van der Waals surface area (Å²) in [6.45, 7) is 1.22. The fourth-order valence-corrected chi connectivity index (χ4v) is 1.63. The third-order valence-corrected chi connectivity index (χ3v) is 2.36. The zero-order valence-electron chi connectivity index (χ0n) is 10.5. The van der Waals surface area contributed by atoms with E-state index in [9.17, 15) is 14.9 Å². The van der Waals surface area contributed by atoms with Gasteiger partial charge in [-0.15, -0.1) is 0 Å². The number of nitrogens with zero attached hydrogens (tertiary/aromatic N) is 1. The average Bonchev–Trinajstić information content (AvgIpc) is 2.35. The normalized spacial score (nSPS) is 9.78. The van der Waals surface area contributed by atoms with Gasteiger partial charge in [-0.05, 0) is 6.92 Å². The van der Waals surface area contributed by atoms with Crippen LogP contribution in [0.2, 0.25) is 0 Å². The Kier molecular flexibility index (Phi) is 4.09. The quantitative estimate of drug-likeness (QED) is 0.453. The number of benzene rings is 1. The molecule has 0 aliphatic carbocycles. The fourth-order valence-electron chi connectivity index (χ4n) is 1.63. The van der Waals surface area contributed by atoms with Crippen LogP contribution in [0.3, 0.4) is 0 Å². The van der Waals surface area contributed by atoms with Crippen molar-refractivity contribution >= 4 is 11.5 Å². The number of hydrogen-bond acceptors (Lipinski definition) is 6. The van der Waals surface area contributed by atoms with Crippen molar-refractivity contribution in [3.05, 3.63) is 21.7 Å². The van der Waals surface area contributed by atoms with Crippen LogP contribution < -0.4 is 14.2 Å². The second-order valence-electron chi connectivity index (χ2n) is 3.35. The van der Waals surface area contributed by atoms with Crippen molar-refractivity contribution in [2.75, 3.05) is 21.3 Å². The highest BCUT2D eigenvalue weighted by Crippen LogP contribution is 2.44. The molecule has 1 aromatic rings. The molecule has 0 aliphatic rings. The van der Waals surface area contributed by atoms with Crippen molar-refractivity contribution in [3.8, 4) is 17.2 Å². The summed E-state index contributed by atoms with van der Waals surface area (Å²) in [6.07, 6.45) is 0. The number of methoxy groups -OCH3 is 3. The van der Waals surface area contributed by atoms with Crippen LogP contribution in [-0.2, 0) is 0 Å². The second-order valence-corrected chi connectivity index (χ2v) is 3.35. The lowest BCUT2D eigenvalue weighted by Gasteiger charge is -2.14. The van der Waals surface area contributed by atoms with E-state index in [2.05, 4.69) is 0 Å². The molecule has 0 fully saturated rings. The summed E-state index contributed by atoms with van der Waals surface area (Å²) in [7, 11) is 4.00. The molecule has 0 bridgehead atoms. The zero-order chi connectivity index (χ0) is 13.9. The fraction of sp³-hybridized carbons (Fsp3) is 0.364. The third-order valence-electron chi connectivity index (χ3n) is 2.36. The first-order chi connectivity index (χ1) is 8.47. The van der Waals surface area contributed by atoms with Gasteiger partial charge in [-0.1, -0.05) is 0 Å². The Bertz CT molecular complexity index is 497. The first-order valence-electron chi connectivity index (χ1n) is 4.96. The summed E-state index contributed by atoms with van der Waals surface area (Å²) in [5.41, 5.74) is -0.517. The van der Waals surface area contributed by atoms with E-state index in [1.54, 1.807) is 0 Å². The number of ketones is 1. The molecule has 0 saturated heterocycles. The van der Waals surface area contributed by atoms with Crippen LogP contribution in [0.1, 0.15) is 17.3 Å². The van der Waals surface area contributed by atoms with E-state index in [0.29, 0.717) is 0 Å². The van der Waals surface area contributed by atoms with Crippen LogP contribution in [0.15, 0.2) is 6.07 Å². The highest BCUT2D eigenvalue weighted by molar-refractivity contribution is 6.02. The molecule has 0 N–H and O–H groups in total. The molecule has 0 heterocycles. The minimum atomic E-state index is -0.665. The SMILES string of the molecule is COc1cc([N+](=O)[O-])c(C(C)=O)c(OC)c1OC. The molecule has 18 heavy (non-hydrogen) atoms. The molecule has 98 valence electrons. The van der Waals surface area contributed by atoms with E-state index >= 15 is 0 Å². The predicted molar refractivity (Wildman–Crippen MR) is 62.8 cm³/mol. The Hall–Kier alpha value is -2.31. The summed E-state index contributed by atoms with van der Waals surface area (Å²) < 4.78 is 15.1. The lowest BCUT2D eigenvalue weighted by atomic mass is 10.1. The Labute approximate surface area is 103 Å². The lowest BCUT2D eigenvalue weighted by molar-refractivity contribution is -0.385. The van der Waals surface area contributed by atoms with E-state index in [1.807, 2.05) is 0 Å². The summed E-state index contributed by atoms with van der Waals surface area (Å²) in [5, 5.41) is 11.0. The van der Waals surface area contributed by atoms with Crippen molar-refractivity contribution in [3.63, 3.8) is 0 Å². The number of Topliss-reactive ketones (excluding diaryl/α,β-unsaturated/α-hetero) is 1. The Morgan fingerprint density at radius 1 is 1.17 bits per heavy atom. The second kappa shape index (κ2) is 5.35. The van der Waals surface area contributed by atoms with Crippen molar-refractivity contribution in [2.24, 2.45) is 0 Å². The van der Waals surface area contributed by atoms with Crippen LogP contribution in [0.4, 0.5) is 5.69 Å². The first-order valence-corrected chi connectivity index (χ1v) is 4.96. The van der Waals surface area contributed by atoms with Crippen LogP contribution in [0, 0.1) is 10.1 Å². The van der Waals surface area contributed by atoms with E-state index in [4.69, 9.17) is 14.2 Å². The number of nitro groups is 1. The Balaban J connectivity index is 3.74. The van der Waals surface area contributed by atoms with Gasteiger partial charge in [0, 0.05) is 0 Å². The first kappa shape index (κ1) is 13.8. The summed E-state index contributed by atoms with van der Waals surface area (Å²) in [5.74, 6) is -0.211. The molecular weight excluding hydrogens is 242 g/mol. The van der Waals surface area contributed by atoms with Crippen LogP contribution >= 0.6 is 0 Å². The van der Waals surface area contributed by atoms with Gasteiger partial charge in [0.25, 0.3) is 5.69 Å². The number of carbonyl (C=O) groups excluding carboxylic acids is 1. The summed E-state index contributed by atoms with van der Waals surface area (Å²) in [4.78, 5) is 21.8. The molecule has 0 saturated carbocycles. The monoisotopic (exact) mass is 255 g/mol. The number of ether oxygens (including phenoxy) is 3. The topological polar surface area (TPSA) is 87.9 Å². The average molecular weight is 255 g/mol. The maximum absolute atomic E-state index is 11.5. The van der Waals surface area contributed by atoms with E-state index in [-0.39, 0.29) is 28.5 Å². The molecule has 7 heteroatoms. The predicted octanol–water partition coefficient (Wildman–Crippen LogP) is 1.82. The maximum Gasteiger partial charge on any atom is 0.287 e. The van der Waals surface area contributed by atoms with Gasteiger partial charge < -0.3 is 14.2 Å². The van der Waals surface area contributed by atoms with Gasteiger partial charge in [-0.3, -0.25) is 14.9 Å². The molecular formula is C11H13NO6. The highest BCUT2D eigenvalue weighted by atomic mass is 16.6. The van der Waals surface area contributed by atoms with Gasteiger partial charge in [0.15, 0.2) is 17.3 Å². The highest BCUT2D eigenvalue weighted by Gasteiger charge is 2.29. The van der Waals surface area contributed by atoms with Crippen molar-refractivity contribution in [2.45, 2.75) is 6.92 Å².